The Kier molecular flexibility index (Phi) is 4.34. The minimum Gasteiger partial charge on any atom is -0.465 e. The molecule has 0 unspecified atom stereocenters. The molecule has 1 heterocycles. The number of carbonyl (C=O) groups excluding carboxylic acids is 1. The van der Waals surface area contributed by atoms with E-state index < -0.39 is 0 Å². The summed E-state index contributed by atoms with van der Waals surface area (Å²) in [5.41, 5.74) is 3.92. The number of ether oxygens (including phenoxy) is 1. The second-order valence-corrected chi connectivity index (χ2v) is 7.00. The molecule has 0 amide bonds. The molecule has 0 spiro atoms. The van der Waals surface area contributed by atoms with Gasteiger partial charge < -0.3 is 9.15 Å². The number of nitrogens with zero attached hydrogens (tertiary/aromatic N) is 1. The molecule has 0 N–H and O–H groups in total. The van der Waals surface area contributed by atoms with Gasteiger partial charge in [0.15, 0.2) is 0 Å². The van der Waals surface area contributed by atoms with Crippen LogP contribution in [0.25, 0.3) is 11.0 Å². The van der Waals surface area contributed by atoms with Crippen LogP contribution in [0.5, 0.6) is 0 Å². The van der Waals surface area contributed by atoms with Crippen LogP contribution in [0.2, 0.25) is 0 Å². The van der Waals surface area contributed by atoms with Gasteiger partial charge >= 0.3 is 11.6 Å². The number of benzene rings is 1. The quantitative estimate of drug-likeness (QED) is 0.597. The van der Waals surface area contributed by atoms with Crippen molar-refractivity contribution in [2.24, 2.45) is 0 Å². The van der Waals surface area contributed by atoms with Gasteiger partial charge in [0.1, 0.15) is 5.58 Å². The fourth-order valence-corrected chi connectivity index (χ4v) is 3.77. The zero-order valence-electron chi connectivity index (χ0n) is 14.5. The third kappa shape index (κ3) is 3.47. The SMILES string of the molecule is CCOC(=O)CN(Cc1cc(=O)oc2cc3c(cc12)CCC3)C1CC1. The second-order valence-electron chi connectivity index (χ2n) is 7.00. The molecule has 2 aliphatic carbocycles. The number of fused-ring (bicyclic) bond motifs is 2. The summed E-state index contributed by atoms with van der Waals surface area (Å²) < 4.78 is 10.5. The summed E-state index contributed by atoms with van der Waals surface area (Å²) in [6, 6.07) is 6.17. The maximum atomic E-state index is 12.0. The first-order chi connectivity index (χ1) is 12.1. The molecule has 0 atom stereocenters. The van der Waals surface area contributed by atoms with Crippen molar-refractivity contribution < 1.29 is 13.9 Å². The highest BCUT2D eigenvalue weighted by Crippen LogP contribution is 2.32. The Morgan fingerprint density at radius 1 is 1.24 bits per heavy atom. The molecule has 2 aromatic rings. The van der Waals surface area contributed by atoms with Gasteiger partial charge in [-0.25, -0.2) is 4.79 Å². The second kappa shape index (κ2) is 6.64. The van der Waals surface area contributed by atoms with Crippen molar-refractivity contribution in [1.82, 2.24) is 4.90 Å². The number of aryl methyl sites for hydroxylation is 2. The zero-order chi connectivity index (χ0) is 17.4. The first-order valence-electron chi connectivity index (χ1n) is 9.12. The van der Waals surface area contributed by atoms with Gasteiger partial charge in [0.25, 0.3) is 0 Å². The van der Waals surface area contributed by atoms with Crippen LogP contribution < -0.4 is 5.63 Å². The van der Waals surface area contributed by atoms with E-state index in [-0.39, 0.29) is 18.1 Å². The molecule has 1 aromatic carbocycles. The normalized spacial score (nSPS) is 16.4. The number of hydrogen-bond donors (Lipinski definition) is 0. The van der Waals surface area contributed by atoms with Crippen molar-refractivity contribution in [3.63, 3.8) is 0 Å². The van der Waals surface area contributed by atoms with Crippen LogP contribution in [0.1, 0.15) is 42.9 Å². The molecule has 5 heteroatoms. The Morgan fingerprint density at radius 2 is 2.00 bits per heavy atom. The van der Waals surface area contributed by atoms with E-state index in [2.05, 4.69) is 11.0 Å². The van der Waals surface area contributed by atoms with Gasteiger partial charge in [0, 0.05) is 24.0 Å². The van der Waals surface area contributed by atoms with E-state index >= 15 is 0 Å². The Balaban J connectivity index is 1.67. The molecule has 25 heavy (non-hydrogen) atoms. The third-order valence-electron chi connectivity index (χ3n) is 5.12. The van der Waals surface area contributed by atoms with Crippen LogP contribution in [-0.4, -0.2) is 30.1 Å². The average molecular weight is 341 g/mol. The first-order valence-corrected chi connectivity index (χ1v) is 9.12. The summed E-state index contributed by atoms with van der Waals surface area (Å²) in [4.78, 5) is 26.1. The minimum atomic E-state index is -0.327. The largest absolute Gasteiger partial charge is 0.465 e. The standard InChI is InChI=1S/C20H23NO4/c1-2-24-20(23)12-21(16-6-7-16)11-15-10-19(22)25-18-9-14-5-3-4-13(14)8-17(15)18/h8-10,16H,2-7,11-12H2,1H3. The lowest BCUT2D eigenvalue weighted by Crippen LogP contribution is -2.32. The molecule has 1 saturated carbocycles. The first kappa shape index (κ1) is 16.3. The molecule has 1 aromatic heterocycles. The summed E-state index contributed by atoms with van der Waals surface area (Å²) in [5, 5.41) is 0.995. The Labute approximate surface area is 146 Å². The van der Waals surface area contributed by atoms with Crippen molar-refractivity contribution in [3.8, 4) is 0 Å². The van der Waals surface area contributed by atoms with E-state index in [9.17, 15) is 9.59 Å². The van der Waals surface area contributed by atoms with Crippen LogP contribution in [0.15, 0.2) is 27.4 Å². The van der Waals surface area contributed by atoms with Crippen molar-refractivity contribution in [2.75, 3.05) is 13.2 Å². The molecular weight excluding hydrogens is 318 g/mol. The molecule has 4 rings (SSSR count). The van der Waals surface area contributed by atoms with Crippen LogP contribution in [0.4, 0.5) is 0 Å². The van der Waals surface area contributed by atoms with Gasteiger partial charge in [-0.1, -0.05) is 0 Å². The smallest absolute Gasteiger partial charge is 0.336 e. The van der Waals surface area contributed by atoms with E-state index in [1.807, 2.05) is 13.0 Å². The van der Waals surface area contributed by atoms with Crippen LogP contribution in [0, 0.1) is 0 Å². The minimum absolute atomic E-state index is 0.206. The lowest BCUT2D eigenvalue weighted by Gasteiger charge is -2.21. The number of rotatable bonds is 6. The zero-order valence-corrected chi connectivity index (χ0v) is 14.5. The number of esters is 1. The van der Waals surface area contributed by atoms with Crippen molar-refractivity contribution in [2.45, 2.75) is 51.6 Å². The van der Waals surface area contributed by atoms with Gasteiger partial charge in [-0.3, -0.25) is 9.69 Å². The van der Waals surface area contributed by atoms with Crippen molar-refractivity contribution in [3.05, 3.63) is 45.3 Å². The van der Waals surface area contributed by atoms with Crippen molar-refractivity contribution >= 4 is 16.9 Å². The summed E-state index contributed by atoms with van der Waals surface area (Å²) in [6.07, 6.45) is 5.47. The highest BCUT2D eigenvalue weighted by molar-refractivity contribution is 5.82. The van der Waals surface area contributed by atoms with Crippen LogP contribution in [-0.2, 0) is 28.9 Å². The topological polar surface area (TPSA) is 59.8 Å². The monoisotopic (exact) mass is 341 g/mol. The molecule has 5 nitrogen and oxygen atoms in total. The molecule has 132 valence electrons. The summed E-state index contributed by atoms with van der Waals surface area (Å²) in [5.74, 6) is -0.206. The van der Waals surface area contributed by atoms with Crippen LogP contribution in [0.3, 0.4) is 0 Å². The molecule has 0 radical (unpaired) electrons. The van der Waals surface area contributed by atoms with Crippen molar-refractivity contribution in [1.29, 1.82) is 0 Å². The third-order valence-corrected chi connectivity index (χ3v) is 5.12. The molecule has 0 saturated heterocycles. The summed E-state index contributed by atoms with van der Waals surface area (Å²) >= 11 is 0. The van der Waals surface area contributed by atoms with Crippen LogP contribution >= 0.6 is 0 Å². The summed E-state index contributed by atoms with van der Waals surface area (Å²) in [6.45, 7) is 3.05. The highest BCUT2D eigenvalue weighted by Gasteiger charge is 2.31. The van der Waals surface area contributed by atoms with Gasteiger partial charge in [-0.05, 0) is 67.9 Å². The maximum Gasteiger partial charge on any atom is 0.336 e. The Morgan fingerprint density at radius 3 is 2.72 bits per heavy atom. The molecule has 0 bridgehead atoms. The van der Waals surface area contributed by atoms with E-state index in [1.165, 1.54) is 11.1 Å². The lowest BCUT2D eigenvalue weighted by molar-refractivity contribution is -0.144. The van der Waals surface area contributed by atoms with E-state index in [0.717, 1.165) is 43.1 Å². The molecule has 1 fully saturated rings. The lowest BCUT2D eigenvalue weighted by atomic mass is 10.0. The average Bonchev–Trinajstić information content (AvgIpc) is 3.31. The van der Waals surface area contributed by atoms with Gasteiger partial charge in [-0.2, -0.15) is 0 Å². The number of carbonyl (C=O) groups is 1. The van der Waals surface area contributed by atoms with Gasteiger partial charge in [-0.15, -0.1) is 0 Å². The predicted molar refractivity (Wildman–Crippen MR) is 94.6 cm³/mol. The van der Waals surface area contributed by atoms with E-state index in [4.69, 9.17) is 9.15 Å². The van der Waals surface area contributed by atoms with Gasteiger partial charge in [0.2, 0.25) is 0 Å². The van der Waals surface area contributed by atoms with E-state index in [0.29, 0.717) is 24.8 Å². The summed E-state index contributed by atoms with van der Waals surface area (Å²) in [7, 11) is 0. The molecule has 0 aliphatic heterocycles. The molecule has 2 aliphatic rings. The molecular formula is C20H23NO4. The number of hydrogen-bond acceptors (Lipinski definition) is 5. The fraction of sp³-hybridized carbons (Fsp3) is 0.500. The predicted octanol–water partition coefficient (Wildman–Crippen LogP) is 2.81. The maximum absolute atomic E-state index is 12.0. The Bertz CT molecular complexity index is 866. The highest BCUT2D eigenvalue weighted by atomic mass is 16.5. The fourth-order valence-electron chi connectivity index (χ4n) is 3.77. The Hall–Kier alpha value is -2.14. The van der Waals surface area contributed by atoms with Gasteiger partial charge in [0.05, 0.1) is 13.2 Å². The van der Waals surface area contributed by atoms with E-state index in [1.54, 1.807) is 6.07 Å².